The average Bonchev–Trinajstić information content (AvgIpc) is 2.83. The summed E-state index contributed by atoms with van der Waals surface area (Å²) in [7, 11) is 1.21. The lowest BCUT2D eigenvalue weighted by Crippen LogP contribution is -2.56. The van der Waals surface area contributed by atoms with Crippen LogP contribution in [0.2, 0.25) is 0 Å². The minimum absolute atomic E-state index is 0.313. The van der Waals surface area contributed by atoms with Gasteiger partial charge in [-0.05, 0) is 77.0 Å². The number of carbonyl (C=O) groups is 5. The number of methoxy groups -OCH3 is 1. The zero-order valence-corrected chi connectivity index (χ0v) is 25.3. The Balaban J connectivity index is 3.72. The molecule has 0 saturated heterocycles. The van der Waals surface area contributed by atoms with E-state index in [1.807, 2.05) is 33.8 Å². The molecule has 224 valence electrons. The third kappa shape index (κ3) is 10.9. The molecule has 0 fully saturated rings. The summed E-state index contributed by atoms with van der Waals surface area (Å²) in [6.07, 6.45) is -0.131. The van der Waals surface area contributed by atoms with E-state index < -0.39 is 66.5 Å². The van der Waals surface area contributed by atoms with Crippen molar-refractivity contribution in [3.63, 3.8) is 0 Å². The van der Waals surface area contributed by atoms with Gasteiger partial charge >= 0.3 is 12.1 Å². The van der Waals surface area contributed by atoms with E-state index in [-0.39, 0.29) is 0 Å². The number of benzene rings is 1. The van der Waals surface area contributed by atoms with Gasteiger partial charge in [-0.2, -0.15) is 0 Å². The number of hydrogen-bond donors (Lipinski definition) is 3. The number of amides is 4. The van der Waals surface area contributed by atoms with Gasteiger partial charge in [-0.25, -0.2) is 4.79 Å². The zero-order chi connectivity index (χ0) is 30.8. The number of primary amides is 1. The van der Waals surface area contributed by atoms with Crippen molar-refractivity contribution in [3.05, 3.63) is 34.9 Å². The van der Waals surface area contributed by atoms with Crippen LogP contribution in [-0.2, 0) is 28.7 Å². The first-order valence-electron chi connectivity index (χ1n) is 13.5. The molecule has 4 amide bonds. The highest BCUT2D eigenvalue weighted by Gasteiger charge is 2.40. The highest BCUT2D eigenvalue weighted by Crippen LogP contribution is 2.31. The molecule has 11 heteroatoms. The van der Waals surface area contributed by atoms with Crippen LogP contribution in [0.1, 0.15) is 83.5 Å². The first-order chi connectivity index (χ1) is 18.5. The number of nitrogens with one attached hydrogen (secondary N) is 2. The van der Waals surface area contributed by atoms with Crippen LogP contribution >= 0.6 is 0 Å². The molecule has 1 rings (SSSR count). The second-order valence-corrected chi connectivity index (χ2v) is 11.4. The van der Waals surface area contributed by atoms with Gasteiger partial charge in [0.25, 0.3) is 0 Å². The number of esters is 1. The van der Waals surface area contributed by atoms with Crippen molar-refractivity contribution < 1.29 is 33.4 Å². The van der Waals surface area contributed by atoms with E-state index in [1.54, 1.807) is 39.8 Å². The van der Waals surface area contributed by atoms with Crippen molar-refractivity contribution >= 4 is 29.8 Å². The standard InChI is InChI=1S/C29H46N4O7/c1-17(2)13-14-19(4)33(27(37)22(15-23(30)34)32-28(38)40-29(6,7)8)25(26(36)31-16-24(35)39-9)21-12-10-11-18(3)20(21)5/h10-12,17,19,22,25H,13-16H2,1-9H3,(H2,30,34)(H,31,36)(H,32,38). The summed E-state index contributed by atoms with van der Waals surface area (Å²) in [5.74, 6) is -2.45. The number of alkyl carbamates (subject to hydrolysis) is 1. The maximum Gasteiger partial charge on any atom is 0.408 e. The minimum atomic E-state index is -1.39. The topological polar surface area (TPSA) is 157 Å². The predicted octanol–water partition coefficient (Wildman–Crippen LogP) is 3.06. The van der Waals surface area contributed by atoms with Gasteiger partial charge in [0.2, 0.25) is 17.7 Å². The van der Waals surface area contributed by atoms with E-state index in [2.05, 4.69) is 15.4 Å². The van der Waals surface area contributed by atoms with Gasteiger partial charge in [0, 0.05) is 6.04 Å². The lowest BCUT2D eigenvalue weighted by molar-refractivity contribution is -0.147. The molecule has 0 aliphatic carbocycles. The molecule has 3 unspecified atom stereocenters. The fourth-order valence-corrected chi connectivity index (χ4v) is 4.16. The summed E-state index contributed by atoms with van der Waals surface area (Å²) >= 11 is 0. The predicted molar refractivity (Wildman–Crippen MR) is 151 cm³/mol. The molecule has 0 radical (unpaired) electrons. The molecule has 3 atom stereocenters. The van der Waals surface area contributed by atoms with E-state index in [4.69, 9.17) is 10.5 Å². The second kappa shape index (κ2) is 15.2. The number of aryl methyl sites for hydroxylation is 1. The maximum absolute atomic E-state index is 14.3. The Labute approximate surface area is 237 Å². The van der Waals surface area contributed by atoms with E-state index in [0.29, 0.717) is 17.9 Å². The highest BCUT2D eigenvalue weighted by molar-refractivity contribution is 5.95. The summed E-state index contributed by atoms with van der Waals surface area (Å²) in [5, 5.41) is 5.05. The fourth-order valence-electron chi connectivity index (χ4n) is 4.16. The molecule has 0 aliphatic heterocycles. The highest BCUT2D eigenvalue weighted by atomic mass is 16.6. The first-order valence-corrected chi connectivity index (χ1v) is 13.5. The van der Waals surface area contributed by atoms with Gasteiger partial charge in [-0.15, -0.1) is 0 Å². The Bertz CT molecular complexity index is 1060. The van der Waals surface area contributed by atoms with Crippen molar-refractivity contribution in [1.82, 2.24) is 15.5 Å². The molecule has 1 aromatic rings. The lowest BCUT2D eigenvalue weighted by Gasteiger charge is -2.39. The number of nitrogens with zero attached hydrogens (tertiary/aromatic N) is 1. The Morgan fingerprint density at radius 1 is 1.02 bits per heavy atom. The summed E-state index contributed by atoms with van der Waals surface area (Å²) < 4.78 is 9.99. The van der Waals surface area contributed by atoms with Crippen molar-refractivity contribution in [1.29, 1.82) is 0 Å². The Morgan fingerprint density at radius 3 is 2.17 bits per heavy atom. The zero-order valence-electron chi connectivity index (χ0n) is 25.3. The van der Waals surface area contributed by atoms with Crippen molar-refractivity contribution in [2.45, 2.75) is 98.4 Å². The van der Waals surface area contributed by atoms with Crippen LogP contribution < -0.4 is 16.4 Å². The summed E-state index contributed by atoms with van der Waals surface area (Å²) in [6, 6.07) is 2.32. The van der Waals surface area contributed by atoms with Crippen LogP contribution in [0.4, 0.5) is 4.79 Å². The van der Waals surface area contributed by atoms with Crippen LogP contribution in [0.5, 0.6) is 0 Å². The normalized spacial score (nSPS) is 13.6. The molecule has 0 heterocycles. The van der Waals surface area contributed by atoms with Crippen LogP contribution in [0, 0.1) is 19.8 Å². The Kier molecular flexibility index (Phi) is 13.1. The largest absolute Gasteiger partial charge is 0.468 e. The molecule has 11 nitrogen and oxygen atoms in total. The summed E-state index contributed by atoms with van der Waals surface area (Å²) in [4.78, 5) is 65.9. The van der Waals surface area contributed by atoms with Crippen molar-refractivity contribution in [2.75, 3.05) is 13.7 Å². The minimum Gasteiger partial charge on any atom is -0.468 e. The molecule has 0 bridgehead atoms. The SMILES string of the molecule is COC(=O)CNC(=O)C(c1cccc(C)c1C)N(C(=O)C(CC(N)=O)NC(=O)OC(C)(C)C)C(C)CCC(C)C. The molecular weight excluding hydrogens is 516 g/mol. The van der Waals surface area contributed by atoms with E-state index >= 15 is 0 Å². The van der Waals surface area contributed by atoms with E-state index in [0.717, 1.165) is 17.5 Å². The number of carbonyl (C=O) groups excluding carboxylic acids is 5. The van der Waals surface area contributed by atoms with E-state index in [1.165, 1.54) is 12.0 Å². The first kappa shape index (κ1) is 34.4. The molecule has 0 aliphatic rings. The van der Waals surface area contributed by atoms with Crippen molar-refractivity contribution in [3.8, 4) is 0 Å². The smallest absolute Gasteiger partial charge is 0.408 e. The van der Waals surface area contributed by atoms with Gasteiger partial charge in [-0.3, -0.25) is 19.2 Å². The molecule has 0 spiro atoms. The second-order valence-electron chi connectivity index (χ2n) is 11.4. The van der Waals surface area contributed by atoms with Crippen LogP contribution in [-0.4, -0.2) is 66.0 Å². The molecule has 40 heavy (non-hydrogen) atoms. The number of rotatable bonds is 13. The number of hydrogen-bond acceptors (Lipinski definition) is 7. The van der Waals surface area contributed by atoms with Crippen LogP contribution in [0.15, 0.2) is 18.2 Å². The lowest BCUT2D eigenvalue weighted by atomic mass is 9.92. The molecular formula is C29H46N4O7. The van der Waals surface area contributed by atoms with Crippen molar-refractivity contribution in [2.24, 2.45) is 11.7 Å². The number of nitrogens with two attached hydrogens (primary N) is 1. The monoisotopic (exact) mass is 562 g/mol. The summed E-state index contributed by atoms with van der Waals surface area (Å²) in [6.45, 7) is 14.2. The average molecular weight is 563 g/mol. The van der Waals surface area contributed by atoms with Crippen LogP contribution in [0.25, 0.3) is 0 Å². The summed E-state index contributed by atoms with van der Waals surface area (Å²) in [5.41, 5.74) is 6.82. The third-order valence-electron chi connectivity index (χ3n) is 6.39. The van der Waals surface area contributed by atoms with E-state index in [9.17, 15) is 24.0 Å². The third-order valence-corrected chi connectivity index (χ3v) is 6.39. The molecule has 1 aromatic carbocycles. The van der Waals surface area contributed by atoms with Gasteiger partial charge in [0.15, 0.2) is 0 Å². The van der Waals surface area contributed by atoms with Crippen LogP contribution in [0.3, 0.4) is 0 Å². The molecule has 0 aromatic heterocycles. The Morgan fingerprint density at radius 2 is 1.65 bits per heavy atom. The maximum atomic E-state index is 14.3. The molecule has 4 N–H and O–H groups in total. The van der Waals surface area contributed by atoms with Gasteiger partial charge in [-0.1, -0.05) is 32.0 Å². The number of ether oxygens (including phenoxy) is 2. The van der Waals surface area contributed by atoms with Gasteiger partial charge in [0.05, 0.1) is 13.5 Å². The van der Waals surface area contributed by atoms with Gasteiger partial charge in [0.1, 0.15) is 24.2 Å². The molecule has 0 saturated carbocycles. The fraction of sp³-hybridized carbons (Fsp3) is 0.621. The quantitative estimate of drug-likeness (QED) is 0.312. The Hall–Kier alpha value is -3.63. The van der Waals surface area contributed by atoms with Gasteiger partial charge < -0.3 is 30.7 Å².